The molecular weight excluding hydrogens is 552 g/mol. The van der Waals surface area contributed by atoms with Crippen molar-refractivity contribution < 1.29 is 50.9 Å². The molecule has 2 N–H and O–H groups in total. The summed E-state index contributed by atoms with van der Waals surface area (Å²) in [6, 6.07) is 4.05. The van der Waals surface area contributed by atoms with Crippen molar-refractivity contribution in [2.75, 3.05) is 18.8 Å². The van der Waals surface area contributed by atoms with Gasteiger partial charge in [-0.1, -0.05) is 0 Å². The number of carbonyl (C=O) groups is 2. The highest BCUT2D eigenvalue weighted by atomic mass is 32.2. The molecule has 0 aromatic carbocycles. The minimum absolute atomic E-state index is 0.387. The number of rotatable bonds is 5. The van der Waals surface area contributed by atoms with E-state index < -0.39 is 24.3 Å². The highest BCUT2D eigenvalue weighted by molar-refractivity contribution is 8.01. The molecule has 4 rings (SSSR count). The number of ether oxygens (including phenoxy) is 1. The fourth-order valence-electron chi connectivity index (χ4n) is 3.37. The standard InChI is InChI=1S/C17H21N3OS2.2C2HF3O2/c1-13-9-22-16(19-13)7-20-11-17(12-20)6-15(10-23-17)21-8-14-2-4-18-5-3-14;2*3-2(4,5)1(6)7/h2-5,9,15H,6-8,10-12H2,1H3;2*(H,6,7). The number of pyridine rings is 1. The van der Waals surface area contributed by atoms with Crippen LogP contribution in [0.1, 0.15) is 22.7 Å². The summed E-state index contributed by atoms with van der Waals surface area (Å²) < 4.78 is 70.0. The number of carboxylic acid groups (broad SMARTS) is 2. The lowest BCUT2D eigenvalue weighted by molar-refractivity contribution is -0.193. The highest BCUT2D eigenvalue weighted by Gasteiger charge is 2.49. The molecule has 1 spiro atoms. The summed E-state index contributed by atoms with van der Waals surface area (Å²) in [5.74, 6) is -4.39. The van der Waals surface area contributed by atoms with Gasteiger partial charge in [0.25, 0.3) is 0 Å². The second kappa shape index (κ2) is 12.9. The maximum atomic E-state index is 10.6. The van der Waals surface area contributed by atoms with Crippen LogP contribution in [0.25, 0.3) is 0 Å². The topological polar surface area (TPSA) is 113 Å². The van der Waals surface area contributed by atoms with E-state index in [1.165, 1.54) is 30.1 Å². The Morgan fingerprint density at radius 2 is 1.65 bits per heavy atom. The Morgan fingerprint density at radius 3 is 2.11 bits per heavy atom. The minimum Gasteiger partial charge on any atom is -0.475 e. The Kier molecular flexibility index (Phi) is 10.7. The number of carboxylic acids is 2. The number of aliphatic carboxylic acids is 2. The molecule has 206 valence electrons. The largest absolute Gasteiger partial charge is 0.490 e. The van der Waals surface area contributed by atoms with Crippen molar-refractivity contribution in [2.45, 2.75) is 49.7 Å². The number of nitrogens with zero attached hydrogens (tertiary/aromatic N) is 3. The van der Waals surface area contributed by atoms with Gasteiger partial charge in [0.2, 0.25) is 0 Å². The number of hydrogen-bond donors (Lipinski definition) is 2. The van der Waals surface area contributed by atoms with Gasteiger partial charge in [0, 0.05) is 47.1 Å². The van der Waals surface area contributed by atoms with Gasteiger partial charge in [-0.15, -0.1) is 23.1 Å². The van der Waals surface area contributed by atoms with Gasteiger partial charge in [-0.05, 0) is 31.0 Å². The van der Waals surface area contributed by atoms with Gasteiger partial charge < -0.3 is 14.9 Å². The molecule has 0 radical (unpaired) electrons. The molecule has 2 aliphatic heterocycles. The van der Waals surface area contributed by atoms with Gasteiger partial charge in [-0.2, -0.15) is 26.3 Å². The quantitative estimate of drug-likeness (QED) is 0.502. The fourth-order valence-corrected chi connectivity index (χ4v) is 5.79. The van der Waals surface area contributed by atoms with Crippen LogP contribution in [0.3, 0.4) is 0 Å². The smallest absolute Gasteiger partial charge is 0.475 e. The molecule has 0 aliphatic carbocycles. The van der Waals surface area contributed by atoms with Crippen molar-refractivity contribution in [3.05, 3.63) is 46.2 Å². The first-order chi connectivity index (χ1) is 17.1. The molecule has 1 unspecified atom stereocenters. The molecule has 0 bridgehead atoms. The maximum absolute atomic E-state index is 10.6. The van der Waals surface area contributed by atoms with Crippen molar-refractivity contribution in [3.63, 3.8) is 0 Å². The van der Waals surface area contributed by atoms with E-state index in [1.807, 2.05) is 24.5 Å². The molecule has 2 saturated heterocycles. The van der Waals surface area contributed by atoms with E-state index in [0.717, 1.165) is 18.0 Å². The first kappa shape index (κ1) is 30.8. The summed E-state index contributed by atoms with van der Waals surface area (Å²) in [6.45, 7) is 6.11. The van der Waals surface area contributed by atoms with Gasteiger partial charge in [-0.3, -0.25) is 9.88 Å². The summed E-state index contributed by atoms with van der Waals surface area (Å²) >= 11 is 3.87. The molecule has 1 atom stereocenters. The van der Waals surface area contributed by atoms with Gasteiger partial charge in [0.1, 0.15) is 5.01 Å². The number of halogens is 6. The van der Waals surface area contributed by atoms with Crippen LogP contribution in [0, 0.1) is 6.92 Å². The van der Waals surface area contributed by atoms with E-state index in [4.69, 9.17) is 24.5 Å². The second-order valence-corrected chi connectivity index (χ2v) is 10.6. The van der Waals surface area contributed by atoms with E-state index >= 15 is 0 Å². The summed E-state index contributed by atoms with van der Waals surface area (Å²) in [7, 11) is 0. The normalized spacial score (nSPS) is 18.7. The predicted molar refractivity (Wildman–Crippen MR) is 122 cm³/mol. The van der Waals surface area contributed by atoms with Crippen molar-refractivity contribution in [1.82, 2.24) is 14.9 Å². The zero-order valence-electron chi connectivity index (χ0n) is 19.3. The van der Waals surface area contributed by atoms with Crippen molar-refractivity contribution >= 4 is 35.0 Å². The molecule has 37 heavy (non-hydrogen) atoms. The molecular formula is C21H23F6N3O5S2. The molecule has 2 aromatic rings. The molecule has 0 amide bonds. The lowest BCUT2D eigenvalue weighted by Gasteiger charge is -2.47. The molecule has 2 aromatic heterocycles. The third-order valence-electron chi connectivity index (χ3n) is 4.94. The minimum atomic E-state index is -5.08. The zero-order chi connectivity index (χ0) is 27.9. The Balaban J connectivity index is 0.000000286. The number of thiazole rings is 1. The van der Waals surface area contributed by atoms with Crippen molar-refractivity contribution in [1.29, 1.82) is 0 Å². The van der Waals surface area contributed by atoms with E-state index in [-0.39, 0.29) is 0 Å². The summed E-state index contributed by atoms with van der Waals surface area (Å²) in [5, 5.41) is 17.6. The van der Waals surface area contributed by atoms with E-state index in [9.17, 15) is 26.3 Å². The molecule has 2 aliphatic rings. The summed E-state index contributed by atoms with van der Waals surface area (Å²) in [4.78, 5) is 28.9. The first-order valence-electron chi connectivity index (χ1n) is 10.5. The van der Waals surface area contributed by atoms with E-state index in [1.54, 1.807) is 11.3 Å². The first-order valence-corrected chi connectivity index (χ1v) is 12.3. The molecule has 0 saturated carbocycles. The maximum Gasteiger partial charge on any atom is 0.490 e. The van der Waals surface area contributed by atoms with Crippen LogP contribution in [0.15, 0.2) is 29.9 Å². The van der Waals surface area contributed by atoms with Crippen LogP contribution in [0.4, 0.5) is 26.3 Å². The Labute approximate surface area is 215 Å². The summed E-state index contributed by atoms with van der Waals surface area (Å²) in [5.41, 5.74) is 2.35. The SMILES string of the molecule is Cc1csc(CN2CC3(CC(OCc4ccncc4)CS3)C2)n1.O=C(O)C(F)(F)F.O=C(O)C(F)(F)F. The number of aryl methyl sites for hydroxylation is 1. The molecule has 2 fully saturated rings. The predicted octanol–water partition coefficient (Wildman–Crippen LogP) is 4.39. The Hall–Kier alpha value is -2.43. The third kappa shape index (κ3) is 10.5. The lowest BCUT2D eigenvalue weighted by Crippen LogP contribution is -2.58. The van der Waals surface area contributed by atoms with E-state index in [2.05, 4.69) is 38.9 Å². The Bertz CT molecular complexity index is 1010. The lowest BCUT2D eigenvalue weighted by atomic mass is 9.93. The number of aromatic nitrogens is 2. The van der Waals surface area contributed by atoms with Crippen LogP contribution in [0.2, 0.25) is 0 Å². The van der Waals surface area contributed by atoms with Crippen LogP contribution in [-0.2, 0) is 27.5 Å². The van der Waals surface area contributed by atoms with Gasteiger partial charge >= 0.3 is 24.3 Å². The van der Waals surface area contributed by atoms with Crippen molar-refractivity contribution in [3.8, 4) is 0 Å². The third-order valence-corrected chi connectivity index (χ3v) is 7.47. The number of thioether (sulfide) groups is 1. The van der Waals surface area contributed by atoms with Crippen molar-refractivity contribution in [2.24, 2.45) is 0 Å². The highest BCUT2D eigenvalue weighted by Crippen LogP contribution is 2.46. The zero-order valence-corrected chi connectivity index (χ0v) is 20.9. The average molecular weight is 576 g/mol. The molecule has 16 heteroatoms. The summed E-state index contributed by atoms with van der Waals surface area (Å²) in [6.07, 6.45) is -4.95. The molecule has 4 heterocycles. The number of hydrogen-bond acceptors (Lipinski definition) is 8. The second-order valence-electron chi connectivity index (χ2n) is 8.12. The van der Waals surface area contributed by atoms with Crippen LogP contribution < -0.4 is 0 Å². The van der Waals surface area contributed by atoms with Crippen LogP contribution >= 0.6 is 23.1 Å². The van der Waals surface area contributed by atoms with Gasteiger partial charge in [0.15, 0.2) is 0 Å². The average Bonchev–Trinajstić information content (AvgIpc) is 3.39. The van der Waals surface area contributed by atoms with Crippen LogP contribution in [-0.4, -0.2) is 79.1 Å². The van der Waals surface area contributed by atoms with Gasteiger partial charge in [-0.25, -0.2) is 14.6 Å². The fraction of sp³-hybridized carbons (Fsp3) is 0.524. The van der Waals surface area contributed by atoms with Crippen LogP contribution in [0.5, 0.6) is 0 Å². The Morgan fingerprint density at radius 1 is 1.11 bits per heavy atom. The number of alkyl halides is 6. The van der Waals surface area contributed by atoms with E-state index in [0.29, 0.717) is 17.5 Å². The monoisotopic (exact) mass is 575 g/mol. The number of likely N-dealkylation sites (tertiary alicyclic amines) is 1. The molecule has 8 nitrogen and oxygen atoms in total. The van der Waals surface area contributed by atoms with Gasteiger partial charge in [0.05, 0.1) is 19.3 Å².